The average Bonchev–Trinajstić information content (AvgIpc) is 2.92. The normalized spacial score (nSPS) is 22.6. The standard InChI is InChI=1S/C14H21N3O2/c18-13(10-16-7-5-15-12-16)17-6-1-2-14(11-17)3-8-19-9-4-14/h5,7,12H,1-4,6,8-11H2. The number of hydrogen-bond donors (Lipinski definition) is 0. The van der Waals surface area contributed by atoms with Gasteiger partial charge in [-0.15, -0.1) is 0 Å². The third-order valence-electron chi connectivity index (χ3n) is 4.44. The summed E-state index contributed by atoms with van der Waals surface area (Å²) in [6, 6.07) is 0. The van der Waals surface area contributed by atoms with Crippen molar-refractivity contribution in [2.45, 2.75) is 32.2 Å². The Hall–Kier alpha value is -1.36. The summed E-state index contributed by atoms with van der Waals surface area (Å²) in [6.45, 7) is 3.92. The molecule has 19 heavy (non-hydrogen) atoms. The molecule has 2 fully saturated rings. The first-order valence-electron chi connectivity index (χ1n) is 7.09. The lowest BCUT2D eigenvalue weighted by Gasteiger charge is -2.45. The molecule has 5 nitrogen and oxygen atoms in total. The Labute approximate surface area is 113 Å². The van der Waals surface area contributed by atoms with Gasteiger partial charge in [0.2, 0.25) is 5.91 Å². The number of carbonyl (C=O) groups is 1. The Morgan fingerprint density at radius 1 is 1.32 bits per heavy atom. The molecule has 2 aliphatic heterocycles. The van der Waals surface area contributed by atoms with Crippen LogP contribution < -0.4 is 0 Å². The van der Waals surface area contributed by atoms with Crippen LogP contribution >= 0.6 is 0 Å². The van der Waals surface area contributed by atoms with Crippen molar-refractivity contribution in [3.05, 3.63) is 18.7 Å². The van der Waals surface area contributed by atoms with Gasteiger partial charge in [-0.3, -0.25) is 4.79 Å². The molecule has 3 heterocycles. The number of amides is 1. The number of nitrogens with zero attached hydrogens (tertiary/aromatic N) is 3. The summed E-state index contributed by atoms with van der Waals surface area (Å²) in [5.41, 5.74) is 0.321. The van der Waals surface area contributed by atoms with Gasteiger partial charge in [0.15, 0.2) is 0 Å². The van der Waals surface area contributed by atoms with Gasteiger partial charge in [0.05, 0.1) is 6.33 Å². The SMILES string of the molecule is O=C(Cn1ccnc1)N1CCCC2(CCOCC2)C1. The molecule has 0 bridgehead atoms. The second kappa shape index (κ2) is 5.33. The molecule has 0 atom stereocenters. The molecule has 2 saturated heterocycles. The van der Waals surface area contributed by atoms with Gasteiger partial charge in [-0.25, -0.2) is 4.98 Å². The van der Waals surface area contributed by atoms with E-state index in [4.69, 9.17) is 4.74 Å². The highest BCUT2D eigenvalue weighted by molar-refractivity contribution is 5.76. The minimum Gasteiger partial charge on any atom is -0.381 e. The van der Waals surface area contributed by atoms with Crippen LogP contribution in [0.3, 0.4) is 0 Å². The van der Waals surface area contributed by atoms with Crippen LogP contribution in [-0.2, 0) is 16.1 Å². The lowest BCUT2D eigenvalue weighted by atomic mass is 9.74. The molecule has 1 aromatic rings. The molecule has 0 unspecified atom stereocenters. The zero-order valence-corrected chi connectivity index (χ0v) is 11.3. The number of imidazole rings is 1. The molecular weight excluding hydrogens is 242 g/mol. The van der Waals surface area contributed by atoms with E-state index in [1.165, 1.54) is 6.42 Å². The molecule has 0 aliphatic carbocycles. The summed E-state index contributed by atoms with van der Waals surface area (Å²) in [5, 5.41) is 0. The molecule has 0 aromatic carbocycles. The van der Waals surface area contributed by atoms with Crippen LogP contribution in [0.25, 0.3) is 0 Å². The van der Waals surface area contributed by atoms with Crippen LogP contribution in [-0.4, -0.2) is 46.7 Å². The van der Waals surface area contributed by atoms with Crippen molar-refractivity contribution < 1.29 is 9.53 Å². The number of hydrogen-bond acceptors (Lipinski definition) is 3. The molecule has 1 amide bonds. The lowest BCUT2D eigenvalue weighted by Crippen LogP contribution is -2.49. The Morgan fingerprint density at radius 3 is 2.89 bits per heavy atom. The van der Waals surface area contributed by atoms with Crippen LogP contribution in [0, 0.1) is 5.41 Å². The molecule has 0 N–H and O–H groups in total. The van der Waals surface area contributed by atoms with Crippen molar-refractivity contribution in [1.82, 2.24) is 14.5 Å². The van der Waals surface area contributed by atoms with Crippen LogP contribution in [0.4, 0.5) is 0 Å². The summed E-state index contributed by atoms with van der Waals surface area (Å²) in [4.78, 5) is 18.4. The highest BCUT2D eigenvalue weighted by atomic mass is 16.5. The first kappa shape index (κ1) is 12.7. The van der Waals surface area contributed by atoms with Crippen molar-refractivity contribution in [3.63, 3.8) is 0 Å². The minimum absolute atomic E-state index is 0.212. The van der Waals surface area contributed by atoms with Crippen molar-refractivity contribution in [3.8, 4) is 0 Å². The number of aromatic nitrogens is 2. The molecule has 1 spiro atoms. The average molecular weight is 263 g/mol. The number of carbonyl (C=O) groups excluding carboxylic acids is 1. The second-order valence-electron chi connectivity index (χ2n) is 5.77. The molecule has 3 rings (SSSR count). The molecule has 5 heteroatoms. The number of rotatable bonds is 2. The largest absolute Gasteiger partial charge is 0.381 e. The fourth-order valence-corrected chi connectivity index (χ4v) is 3.27. The van der Waals surface area contributed by atoms with Crippen LogP contribution in [0.15, 0.2) is 18.7 Å². The topological polar surface area (TPSA) is 47.4 Å². The van der Waals surface area contributed by atoms with Crippen LogP contribution in [0.2, 0.25) is 0 Å². The van der Waals surface area contributed by atoms with Crippen molar-refractivity contribution in [2.24, 2.45) is 5.41 Å². The monoisotopic (exact) mass is 263 g/mol. The van der Waals surface area contributed by atoms with E-state index >= 15 is 0 Å². The molecule has 1 aromatic heterocycles. The number of ether oxygens (including phenoxy) is 1. The highest BCUT2D eigenvalue weighted by Gasteiger charge is 2.38. The Balaban J connectivity index is 1.62. The fourth-order valence-electron chi connectivity index (χ4n) is 3.27. The highest BCUT2D eigenvalue weighted by Crippen LogP contribution is 2.39. The number of piperidine rings is 1. The molecule has 2 aliphatic rings. The van der Waals surface area contributed by atoms with Gasteiger partial charge >= 0.3 is 0 Å². The Bertz CT molecular complexity index is 418. The van der Waals surface area contributed by atoms with Crippen molar-refractivity contribution in [1.29, 1.82) is 0 Å². The predicted molar refractivity (Wildman–Crippen MR) is 70.5 cm³/mol. The molecule has 0 radical (unpaired) electrons. The van der Waals surface area contributed by atoms with E-state index in [1.54, 1.807) is 12.5 Å². The lowest BCUT2D eigenvalue weighted by molar-refractivity contribution is -0.137. The van der Waals surface area contributed by atoms with Gasteiger partial charge in [-0.05, 0) is 31.1 Å². The minimum atomic E-state index is 0.212. The smallest absolute Gasteiger partial charge is 0.242 e. The predicted octanol–water partition coefficient (Wildman–Crippen LogP) is 1.30. The number of likely N-dealkylation sites (tertiary alicyclic amines) is 1. The van der Waals surface area contributed by atoms with Gasteiger partial charge in [0, 0.05) is 38.7 Å². The van der Waals surface area contributed by atoms with Gasteiger partial charge in [-0.1, -0.05) is 0 Å². The Morgan fingerprint density at radius 2 is 2.16 bits per heavy atom. The summed E-state index contributed by atoms with van der Waals surface area (Å²) in [7, 11) is 0. The maximum Gasteiger partial charge on any atom is 0.242 e. The molecule has 0 saturated carbocycles. The Kier molecular flexibility index (Phi) is 3.55. The van der Waals surface area contributed by atoms with Crippen molar-refractivity contribution in [2.75, 3.05) is 26.3 Å². The first-order valence-corrected chi connectivity index (χ1v) is 7.09. The zero-order chi connectivity index (χ0) is 13.1. The van der Waals surface area contributed by atoms with Crippen LogP contribution in [0.1, 0.15) is 25.7 Å². The second-order valence-corrected chi connectivity index (χ2v) is 5.77. The van der Waals surface area contributed by atoms with Crippen LogP contribution in [0.5, 0.6) is 0 Å². The summed E-state index contributed by atoms with van der Waals surface area (Å²) < 4.78 is 7.30. The summed E-state index contributed by atoms with van der Waals surface area (Å²) in [6.07, 6.45) is 9.81. The van der Waals surface area contributed by atoms with E-state index in [2.05, 4.69) is 4.98 Å². The van der Waals surface area contributed by atoms with Crippen molar-refractivity contribution >= 4 is 5.91 Å². The molecule has 104 valence electrons. The van der Waals surface area contributed by atoms with Gasteiger partial charge in [0.1, 0.15) is 6.54 Å². The van der Waals surface area contributed by atoms with E-state index in [9.17, 15) is 4.79 Å². The maximum atomic E-state index is 12.3. The van der Waals surface area contributed by atoms with E-state index in [0.29, 0.717) is 12.0 Å². The maximum absolute atomic E-state index is 12.3. The van der Waals surface area contributed by atoms with Gasteiger partial charge in [0.25, 0.3) is 0 Å². The summed E-state index contributed by atoms with van der Waals surface area (Å²) in [5.74, 6) is 0.212. The third-order valence-corrected chi connectivity index (χ3v) is 4.44. The first-order chi connectivity index (χ1) is 9.27. The third kappa shape index (κ3) is 2.81. The summed E-state index contributed by atoms with van der Waals surface area (Å²) >= 11 is 0. The fraction of sp³-hybridized carbons (Fsp3) is 0.714. The quantitative estimate of drug-likeness (QED) is 0.808. The van der Waals surface area contributed by atoms with E-state index in [-0.39, 0.29) is 5.91 Å². The van der Waals surface area contributed by atoms with Gasteiger partial charge < -0.3 is 14.2 Å². The zero-order valence-electron chi connectivity index (χ0n) is 11.3. The molecular formula is C14H21N3O2. The van der Waals surface area contributed by atoms with Gasteiger partial charge in [-0.2, -0.15) is 0 Å². The van der Waals surface area contributed by atoms with E-state index in [1.807, 2.05) is 15.7 Å². The van der Waals surface area contributed by atoms with E-state index in [0.717, 1.165) is 45.6 Å². The van der Waals surface area contributed by atoms with E-state index < -0.39 is 0 Å².